The van der Waals surface area contributed by atoms with Gasteiger partial charge < -0.3 is 5.73 Å². The zero-order valence-corrected chi connectivity index (χ0v) is 13.0. The Kier molecular flexibility index (Phi) is 5.35. The second-order valence-electron chi connectivity index (χ2n) is 5.81. The van der Waals surface area contributed by atoms with Gasteiger partial charge in [-0.25, -0.2) is 17.5 Å². The second kappa shape index (κ2) is 6.85. The van der Waals surface area contributed by atoms with E-state index in [1.165, 1.54) is 18.6 Å². The molecule has 1 aromatic rings. The summed E-state index contributed by atoms with van der Waals surface area (Å²) in [5, 5.41) is 0. The van der Waals surface area contributed by atoms with Crippen molar-refractivity contribution in [2.75, 3.05) is 6.54 Å². The Hall–Kier alpha value is -0.980. The molecule has 1 fully saturated rings. The van der Waals surface area contributed by atoms with Crippen molar-refractivity contribution < 1.29 is 12.8 Å². The summed E-state index contributed by atoms with van der Waals surface area (Å²) >= 11 is 0. The lowest BCUT2D eigenvalue weighted by molar-refractivity contribution is 0.296. The smallest absolute Gasteiger partial charge is 0.241 e. The number of nitrogens with two attached hydrogens (primary N) is 1. The van der Waals surface area contributed by atoms with Crippen LogP contribution in [0.3, 0.4) is 0 Å². The predicted octanol–water partition coefficient (Wildman–Crippen LogP) is 2.55. The van der Waals surface area contributed by atoms with Crippen LogP contribution in [-0.4, -0.2) is 20.5 Å². The van der Waals surface area contributed by atoms with Crippen molar-refractivity contribution in [2.24, 2.45) is 5.73 Å². The van der Waals surface area contributed by atoms with E-state index in [0.29, 0.717) is 0 Å². The van der Waals surface area contributed by atoms with Crippen LogP contribution < -0.4 is 10.5 Å². The third-order valence-corrected chi connectivity index (χ3v) is 5.77. The number of sulfonamides is 1. The van der Waals surface area contributed by atoms with E-state index in [1.54, 1.807) is 0 Å². The van der Waals surface area contributed by atoms with Crippen LogP contribution in [0, 0.1) is 5.82 Å². The lowest BCUT2D eigenvalue weighted by atomic mass is 9.85. The molecule has 0 aliphatic heterocycles. The molecule has 0 atom stereocenters. The van der Waals surface area contributed by atoms with Gasteiger partial charge in [-0.2, -0.15) is 0 Å². The lowest BCUT2D eigenvalue weighted by Crippen LogP contribution is -2.53. The van der Waals surface area contributed by atoms with E-state index in [4.69, 9.17) is 5.73 Å². The molecule has 3 N–H and O–H groups in total. The summed E-state index contributed by atoms with van der Waals surface area (Å²) < 4.78 is 40.7. The zero-order valence-electron chi connectivity index (χ0n) is 12.1. The van der Waals surface area contributed by atoms with Crippen LogP contribution in [0.15, 0.2) is 29.2 Å². The second-order valence-corrected chi connectivity index (χ2v) is 7.49. The number of rotatable bonds is 4. The van der Waals surface area contributed by atoms with E-state index >= 15 is 0 Å². The standard InChI is InChI=1S/C15H23FN2O2S/c16-13-6-8-14(9-7-13)21(19,20)18-15(12-17)10-4-2-1-3-5-11-15/h6-9,18H,1-5,10-12,17H2. The average molecular weight is 314 g/mol. The van der Waals surface area contributed by atoms with Gasteiger partial charge in [-0.1, -0.05) is 32.1 Å². The summed E-state index contributed by atoms with van der Waals surface area (Å²) in [6.07, 6.45) is 6.88. The minimum atomic E-state index is -3.67. The van der Waals surface area contributed by atoms with Gasteiger partial charge in [-0.3, -0.25) is 0 Å². The largest absolute Gasteiger partial charge is 0.329 e. The molecule has 21 heavy (non-hydrogen) atoms. The van der Waals surface area contributed by atoms with Crippen LogP contribution in [0.1, 0.15) is 44.9 Å². The Morgan fingerprint density at radius 2 is 1.57 bits per heavy atom. The molecule has 0 unspecified atom stereocenters. The van der Waals surface area contributed by atoms with E-state index in [1.807, 2.05) is 0 Å². The summed E-state index contributed by atoms with van der Waals surface area (Å²) in [5.74, 6) is -0.451. The maximum Gasteiger partial charge on any atom is 0.241 e. The first-order valence-electron chi connectivity index (χ1n) is 7.47. The predicted molar refractivity (Wildman–Crippen MR) is 80.8 cm³/mol. The van der Waals surface area contributed by atoms with E-state index in [2.05, 4.69) is 4.72 Å². The number of hydrogen-bond acceptors (Lipinski definition) is 3. The molecule has 1 aromatic carbocycles. The Labute approximate surface area is 126 Å². The first-order valence-corrected chi connectivity index (χ1v) is 8.95. The summed E-state index contributed by atoms with van der Waals surface area (Å²) in [5.41, 5.74) is 5.31. The normalized spacial score (nSPS) is 19.7. The third-order valence-electron chi connectivity index (χ3n) is 4.18. The van der Waals surface area contributed by atoms with Crippen LogP contribution >= 0.6 is 0 Å². The van der Waals surface area contributed by atoms with E-state index in [-0.39, 0.29) is 11.4 Å². The number of benzene rings is 1. The fourth-order valence-electron chi connectivity index (χ4n) is 2.89. The van der Waals surface area contributed by atoms with Gasteiger partial charge in [0, 0.05) is 12.1 Å². The van der Waals surface area contributed by atoms with Crippen molar-refractivity contribution in [1.29, 1.82) is 0 Å². The summed E-state index contributed by atoms with van der Waals surface area (Å²) in [4.78, 5) is 0.0822. The van der Waals surface area contributed by atoms with Crippen LogP contribution in [0.25, 0.3) is 0 Å². The molecule has 1 aliphatic carbocycles. The molecular weight excluding hydrogens is 291 g/mol. The summed E-state index contributed by atoms with van der Waals surface area (Å²) in [6.45, 7) is 0.285. The highest BCUT2D eigenvalue weighted by atomic mass is 32.2. The molecule has 6 heteroatoms. The molecule has 1 saturated carbocycles. The third kappa shape index (κ3) is 4.25. The van der Waals surface area contributed by atoms with Crippen molar-refractivity contribution >= 4 is 10.0 Å². The molecule has 0 bridgehead atoms. The first-order chi connectivity index (χ1) is 9.97. The molecule has 1 aliphatic rings. The van der Waals surface area contributed by atoms with Gasteiger partial charge in [0.25, 0.3) is 0 Å². The maximum atomic E-state index is 12.9. The number of halogens is 1. The molecule has 0 amide bonds. The van der Waals surface area contributed by atoms with Gasteiger partial charge in [0.05, 0.1) is 4.90 Å². The van der Waals surface area contributed by atoms with Crippen molar-refractivity contribution in [3.63, 3.8) is 0 Å². The minimum Gasteiger partial charge on any atom is -0.329 e. The molecule has 0 saturated heterocycles. The van der Waals surface area contributed by atoms with Crippen molar-refractivity contribution in [3.05, 3.63) is 30.1 Å². The Morgan fingerprint density at radius 3 is 2.10 bits per heavy atom. The minimum absolute atomic E-state index is 0.0822. The van der Waals surface area contributed by atoms with Gasteiger partial charge in [-0.05, 0) is 37.1 Å². The van der Waals surface area contributed by atoms with Crippen LogP contribution in [-0.2, 0) is 10.0 Å². The van der Waals surface area contributed by atoms with E-state index in [9.17, 15) is 12.8 Å². The van der Waals surface area contributed by atoms with Crippen LogP contribution in [0.5, 0.6) is 0 Å². The van der Waals surface area contributed by atoms with E-state index < -0.39 is 21.4 Å². The van der Waals surface area contributed by atoms with Gasteiger partial charge >= 0.3 is 0 Å². The average Bonchev–Trinajstić information content (AvgIpc) is 2.42. The summed E-state index contributed by atoms with van der Waals surface area (Å²) in [7, 11) is -3.67. The van der Waals surface area contributed by atoms with Gasteiger partial charge in [0.1, 0.15) is 5.82 Å². The fraction of sp³-hybridized carbons (Fsp3) is 0.600. The summed E-state index contributed by atoms with van der Waals surface area (Å²) in [6, 6.07) is 4.87. The Morgan fingerprint density at radius 1 is 1.05 bits per heavy atom. The number of hydrogen-bond donors (Lipinski definition) is 2. The first kappa shape index (κ1) is 16.4. The number of nitrogens with one attached hydrogen (secondary N) is 1. The molecule has 4 nitrogen and oxygen atoms in total. The quantitative estimate of drug-likeness (QED) is 0.897. The van der Waals surface area contributed by atoms with Gasteiger partial charge in [0.15, 0.2) is 0 Å². The van der Waals surface area contributed by atoms with Crippen LogP contribution in [0.4, 0.5) is 4.39 Å². The molecule has 0 radical (unpaired) electrons. The highest BCUT2D eigenvalue weighted by Crippen LogP contribution is 2.27. The highest BCUT2D eigenvalue weighted by molar-refractivity contribution is 7.89. The molecular formula is C15H23FN2O2S. The zero-order chi connectivity index (χ0) is 15.3. The van der Waals surface area contributed by atoms with Gasteiger partial charge in [-0.15, -0.1) is 0 Å². The molecule has 0 spiro atoms. The van der Waals surface area contributed by atoms with E-state index in [0.717, 1.165) is 50.7 Å². The molecule has 2 rings (SSSR count). The maximum absolute atomic E-state index is 12.9. The molecule has 118 valence electrons. The van der Waals surface area contributed by atoms with Crippen molar-refractivity contribution in [3.8, 4) is 0 Å². The Bertz CT molecular complexity index is 550. The van der Waals surface area contributed by atoms with Crippen molar-refractivity contribution in [1.82, 2.24) is 4.72 Å². The monoisotopic (exact) mass is 314 g/mol. The van der Waals surface area contributed by atoms with Crippen molar-refractivity contribution in [2.45, 2.75) is 55.4 Å². The topological polar surface area (TPSA) is 72.2 Å². The van der Waals surface area contributed by atoms with Crippen LogP contribution in [0.2, 0.25) is 0 Å². The molecule has 0 heterocycles. The Balaban J connectivity index is 2.20. The SMILES string of the molecule is NCC1(NS(=O)(=O)c2ccc(F)cc2)CCCCCCC1. The lowest BCUT2D eigenvalue weighted by Gasteiger charge is -2.35. The molecule has 0 aromatic heterocycles. The fourth-order valence-corrected chi connectivity index (χ4v) is 4.36. The van der Waals surface area contributed by atoms with Gasteiger partial charge in [0.2, 0.25) is 10.0 Å². The highest BCUT2D eigenvalue weighted by Gasteiger charge is 2.33.